The lowest BCUT2D eigenvalue weighted by molar-refractivity contribution is -0.119. The Morgan fingerprint density at radius 2 is 1.68 bits per heavy atom. The number of rotatable bonds is 6. The molecule has 0 spiro atoms. The first kappa shape index (κ1) is 23.2. The van der Waals surface area contributed by atoms with Gasteiger partial charge in [0.2, 0.25) is 0 Å². The predicted molar refractivity (Wildman–Crippen MR) is 127 cm³/mol. The molecule has 1 N–H and O–H groups in total. The van der Waals surface area contributed by atoms with Gasteiger partial charge in [0.25, 0.3) is 17.7 Å². The van der Waals surface area contributed by atoms with Gasteiger partial charge in [0.15, 0.2) is 6.61 Å². The van der Waals surface area contributed by atoms with Crippen molar-refractivity contribution < 1.29 is 23.9 Å². The van der Waals surface area contributed by atoms with Crippen LogP contribution in [-0.4, -0.2) is 35.2 Å². The van der Waals surface area contributed by atoms with E-state index in [-0.39, 0.29) is 16.7 Å². The van der Waals surface area contributed by atoms with E-state index in [1.54, 1.807) is 32.0 Å². The summed E-state index contributed by atoms with van der Waals surface area (Å²) in [6.45, 7) is 3.01. The van der Waals surface area contributed by atoms with Crippen LogP contribution in [0.4, 0.5) is 5.69 Å². The van der Waals surface area contributed by atoms with Crippen molar-refractivity contribution in [3.05, 3.63) is 99.6 Å². The van der Waals surface area contributed by atoms with Gasteiger partial charge >= 0.3 is 5.97 Å². The Labute approximate surface area is 201 Å². The minimum Gasteiger partial charge on any atom is -0.452 e. The van der Waals surface area contributed by atoms with Crippen molar-refractivity contribution in [2.75, 3.05) is 11.9 Å². The highest BCUT2D eigenvalue weighted by Crippen LogP contribution is 2.32. The number of carbonyl (C=O) groups excluding carboxylic acids is 4. The molecule has 0 saturated heterocycles. The second-order valence-corrected chi connectivity index (χ2v) is 8.27. The topological polar surface area (TPSA) is 92.8 Å². The Kier molecular flexibility index (Phi) is 6.47. The van der Waals surface area contributed by atoms with Crippen LogP contribution in [0.5, 0.6) is 0 Å². The minimum atomic E-state index is -0.782. The van der Waals surface area contributed by atoms with Gasteiger partial charge in [0.1, 0.15) is 0 Å². The predicted octanol–water partition coefficient (Wildman–Crippen LogP) is 4.80. The molecule has 0 saturated carbocycles. The first-order valence-electron chi connectivity index (χ1n) is 10.6. The molecule has 1 atom stereocenters. The zero-order valence-corrected chi connectivity index (χ0v) is 19.3. The summed E-state index contributed by atoms with van der Waals surface area (Å²) >= 11 is 6.05. The first-order chi connectivity index (χ1) is 16.3. The van der Waals surface area contributed by atoms with Gasteiger partial charge in [-0.1, -0.05) is 48.0 Å². The molecule has 0 radical (unpaired) electrons. The summed E-state index contributed by atoms with van der Waals surface area (Å²) in [5.41, 5.74) is 2.45. The molecule has 0 unspecified atom stereocenters. The van der Waals surface area contributed by atoms with E-state index in [1.807, 2.05) is 30.3 Å². The number of nitrogens with zero attached hydrogens (tertiary/aromatic N) is 1. The molecule has 3 aromatic carbocycles. The zero-order chi connectivity index (χ0) is 24.4. The molecule has 3 aromatic rings. The molecule has 8 heteroatoms. The fourth-order valence-corrected chi connectivity index (χ4v) is 3.94. The van der Waals surface area contributed by atoms with Gasteiger partial charge in [0, 0.05) is 10.7 Å². The van der Waals surface area contributed by atoms with Gasteiger partial charge < -0.3 is 10.1 Å². The van der Waals surface area contributed by atoms with Crippen molar-refractivity contribution in [2.24, 2.45) is 0 Å². The van der Waals surface area contributed by atoms with E-state index in [9.17, 15) is 19.2 Å². The van der Waals surface area contributed by atoms with Crippen LogP contribution in [-0.2, 0) is 9.53 Å². The average Bonchev–Trinajstić information content (AvgIpc) is 3.09. The maximum absolute atomic E-state index is 13.0. The highest BCUT2D eigenvalue weighted by atomic mass is 35.5. The van der Waals surface area contributed by atoms with Crippen molar-refractivity contribution >= 4 is 41.0 Å². The molecule has 3 amide bonds. The summed E-state index contributed by atoms with van der Waals surface area (Å²) in [4.78, 5) is 51.8. The fourth-order valence-electron chi connectivity index (χ4n) is 3.76. The number of fused-ring (bicyclic) bond motifs is 1. The van der Waals surface area contributed by atoms with Gasteiger partial charge in [-0.15, -0.1) is 0 Å². The summed E-state index contributed by atoms with van der Waals surface area (Å²) in [7, 11) is 0. The molecule has 0 aromatic heterocycles. The lowest BCUT2D eigenvalue weighted by Gasteiger charge is -2.22. The Morgan fingerprint density at radius 3 is 2.41 bits per heavy atom. The summed E-state index contributed by atoms with van der Waals surface area (Å²) in [6, 6.07) is 18.0. The van der Waals surface area contributed by atoms with Crippen LogP contribution < -0.4 is 5.32 Å². The summed E-state index contributed by atoms with van der Waals surface area (Å²) < 4.78 is 5.10. The number of esters is 1. The van der Waals surface area contributed by atoms with E-state index >= 15 is 0 Å². The summed E-state index contributed by atoms with van der Waals surface area (Å²) in [5.74, 6) is -2.22. The largest absolute Gasteiger partial charge is 0.452 e. The van der Waals surface area contributed by atoms with Crippen molar-refractivity contribution in [3.63, 3.8) is 0 Å². The lowest BCUT2D eigenvalue weighted by atomic mass is 10.1. The quantitative estimate of drug-likeness (QED) is 0.407. The number of amides is 3. The van der Waals surface area contributed by atoms with Gasteiger partial charge in [0.05, 0.1) is 22.7 Å². The van der Waals surface area contributed by atoms with Gasteiger partial charge in [-0.3, -0.25) is 19.3 Å². The Balaban J connectivity index is 1.44. The minimum absolute atomic E-state index is 0.0702. The second-order valence-electron chi connectivity index (χ2n) is 7.86. The summed E-state index contributed by atoms with van der Waals surface area (Å²) in [6.07, 6.45) is 0. The Bertz CT molecular complexity index is 1310. The maximum Gasteiger partial charge on any atom is 0.338 e. The van der Waals surface area contributed by atoms with Crippen LogP contribution in [0.15, 0.2) is 66.7 Å². The van der Waals surface area contributed by atoms with Gasteiger partial charge in [-0.2, -0.15) is 0 Å². The third-order valence-electron chi connectivity index (χ3n) is 5.70. The summed E-state index contributed by atoms with van der Waals surface area (Å²) in [5, 5.41) is 3.14. The third-order valence-corrected chi connectivity index (χ3v) is 6.11. The number of nitrogens with one attached hydrogen (secondary N) is 1. The van der Waals surface area contributed by atoms with Crippen LogP contribution in [0, 0.1) is 6.92 Å². The first-order valence-corrected chi connectivity index (χ1v) is 10.9. The number of benzene rings is 3. The molecule has 0 bridgehead atoms. The highest BCUT2D eigenvalue weighted by molar-refractivity contribution is 6.31. The molecule has 1 heterocycles. The molecule has 7 nitrogen and oxygen atoms in total. The highest BCUT2D eigenvalue weighted by Gasteiger charge is 2.39. The van der Waals surface area contributed by atoms with Gasteiger partial charge in [-0.25, -0.2) is 4.79 Å². The van der Waals surface area contributed by atoms with Crippen molar-refractivity contribution in [1.29, 1.82) is 0 Å². The zero-order valence-electron chi connectivity index (χ0n) is 18.5. The second kappa shape index (κ2) is 9.49. The molecule has 172 valence electrons. The number of imide groups is 1. The van der Waals surface area contributed by atoms with Crippen LogP contribution >= 0.6 is 11.6 Å². The van der Waals surface area contributed by atoms with E-state index in [0.717, 1.165) is 5.56 Å². The maximum atomic E-state index is 13.0. The smallest absolute Gasteiger partial charge is 0.338 e. The average molecular weight is 477 g/mol. The Hall–Kier alpha value is -3.97. The number of halogens is 1. The normalized spacial score (nSPS) is 13.4. The SMILES string of the molecule is Cc1c(Cl)cccc1NC(=O)COC(=O)c1ccc2c(c1)C(=O)N([C@H](C)c1ccccc1)C2=O. The number of hydrogen-bond acceptors (Lipinski definition) is 5. The molecule has 4 rings (SSSR count). The monoisotopic (exact) mass is 476 g/mol. The number of anilines is 1. The molecular weight excluding hydrogens is 456 g/mol. The van der Waals surface area contributed by atoms with E-state index in [0.29, 0.717) is 16.3 Å². The van der Waals surface area contributed by atoms with E-state index in [4.69, 9.17) is 16.3 Å². The van der Waals surface area contributed by atoms with Crippen LogP contribution in [0.1, 0.15) is 55.2 Å². The molecule has 1 aliphatic rings. The van der Waals surface area contributed by atoms with Crippen molar-refractivity contribution in [3.8, 4) is 0 Å². The Morgan fingerprint density at radius 1 is 0.971 bits per heavy atom. The number of carbonyl (C=O) groups is 4. The molecule has 1 aliphatic heterocycles. The standard InChI is InChI=1S/C26H21ClN2O5/c1-15-21(27)9-6-10-22(15)28-23(30)14-34-26(33)18-11-12-19-20(13-18)25(32)29(24(19)31)16(2)17-7-4-3-5-8-17/h3-13,16H,14H2,1-2H3,(H,28,30)/t16-/m1/s1. The fraction of sp³-hybridized carbons (Fsp3) is 0.154. The molecule has 0 aliphatic carbocycles. The van der Waals surface area contributed by atoms with E-state index in [2.05, 4.69) is 5.32 Å². The lowest BCUT2D eigenvalue weighted by Crippen LogP contribution is -2.32. The molecule has 34 heavy (non-hydrogen) atoms. The van der Waals surface area contributed by atoms with Gasteiger partial charge in [-0.05, 0) is 55.3 Å². The molecular formula is C26H21ClN2O5. The van der Waals surface area contributed by atoms with Crippen molar-refractivity contribution in [1.82, 2.24) is 4.90 Å². The van der Waals surface area contributed by atoms with Crippen LogP contribution in [0.3, 0.4) is 0 Å². The molecule has 0 fully saturated rings. The van der Waals surface area contributed by atoms with Crippen LogP contribution in [0.2, 0.25) is 5.02 Å². The number of hydrogen-bond donors (Lipinski definition) is 1. The number of ether oxygens (including phenoxy) is 1. The third kappa shape index (κ3) is 4.43. The van der Waals surface area contributed by atoms with Crippen molar-refractivity contribution in [2.45, 2.75) is 19.9 Å². The van der Waals surface area contributed by atoms with E-state index < -0.39 is 36.3 Å². The van der Waals surface area contributed by atoms with E-state index in [1.165, 1.54) is 23.1 Å². The van der Waals surface area contributed by atoms with Crippen LogP contribution in [0.25, 0.3) is 0 Å².